The lowest BCUT2D eigenvalue weighted by Gasteiger charge is -2.34. The number of aromatic amines is 1. The second kappa shape index (κ2) is 8.21. The number of rotatable bonds is 6. The molecule has 1 saturated heterocycles. The van der Waals surface area contributed by atoms with Crippen molar-refractivity contribution < 1.29 is 9.18 Å². The minimum atomic E-state index is -0.275. The predicted octanol–water partition coefficient (Wildman–Crippen LogP) is 3.64. The smallest absolute Gasteiger partial charge is 0.224 e. The summed E-state index contributed by atoms with van der Waals surface area (Å²) < 4.78 is 13.5. The quantitative estimate of drug-likeness (QED) is 0.774. The van der Waals surface area contributed by atoms with E-state index in [1.807, 2.05) is 6.92 Å². The molecule has 1 amide bonds. The fourth-order valence-corrected chi connectivity index (χ4v) is 4.31. The van der Waals surface area contributed by atoms with Crippen LogP contribution in [-0.2, 0) is 11.2 Å². The minimum absolute atomic E-state index is 0.00126. The number of nitrogens with one attached hydrogen (secondary N) is 2. The lowest BCUT2D eigenvalue weighted by atomic mass is 9.92. The summed E-state index contributed by atoms with van der Waals surface area (Å²) in [6.07, 6.45) is 2.57. The maximum absolute atomic E-state index is 13.5. The highest BCUT2D eigenvalue weighted by molar-refractivity contribution is 5.90. The third-order valence-corrected chi connectivity index (χ3v) is 5.34. The summed E-state index contributed by atoms with van der Waals surface area (Å²) in [5.41, 5.74) is 2.69. The molecule has 0 bridgehead atoms. The van der Waals surface area contributed by atoms with Crippen LogP contribution in [0.4, 0.5) is 4.39 Å². The minimum Gasteiger partial charge on any atom is -0.358 e. The topological polar surface area (TPSA) is 48.1 Å². The first-order valence-electron chi connectivity index (χ1n) is 9.68. The molecule has 2 heterocycles. The van der Waals surface area contributed by atoms with Gasteiger partial charge in [0, 0.05) is 36.2 Å². The van der Waals surface area contributed by atoms with Crippen LogP contribution in [0.15, 0.2) is 18.2 Å². The fourth-order valence-electron chi connectivity index (χ4n) is 4.31. The molecule has 5 heteroatoms. The summed E-state index contributed by atoms with van der Waals surface area (Å²) in [5, 5.41) is 3.82. The van der Waals surface area contributed by atoms with Gasteiger partial charge in [0.25, 0.3) is 0 Å². The van der Waals surface area contributed by atoms with Gasteiger partial charge in [0.05, 0.1) is 6.42 Å². The van der Waals surface area contributed by atoms with Crippen LogP contribution in [0.25, 0.3) is 10.9 Å². The van der Waals surface area contributed by atoms with Crippen molar-refractivity contribution >= 4 is 16.8 Å². The Labute approximate surface area is 155 Å². The second-order valence-corrected chi connectivity index (χ2v) is 8.00. The van der Waals surface area contributed by atoms with E-state index in [2.05, 4.69) is 29.0 Å². The van der Waals surface area contributed by atoms with E-state index in [-0.39, 0.29) is 18.1 Å². The van der Waals surface area contributed by atoms with Crippen LogP contribution in [0.1, 0.15) is 37.9 Å². The third-order valence-electron chi connectivity index (χ3n) is 5.34. The Balaban J connectivity index is 1.47. The standard InChI is InChI=1S/C21H30FN3O/c1-14-9-15(2)13-25(12-14)8-4-7-23-21(26)11-18-16(3)24-20-6-5-17(22)10-19(18)20/h5-6,10,14-15,24H,4,7-9,11-13H2,1-3H3,(H,23,26). The summed E-state index contributed by atoms with van der Waals surface area (Å²) in [6, 6.07) is 4.66. The Morgan fingerprint density at radius 1 is 1.31 bits per heavy atom. The van der Waals surface area contributed by atoms with Gasteiger partial charge in [-0.25, -0.2) is 4.39 Å². The van der Waals surface area contributed by atoms with Crippen LogP contribution in [0.2, 0.25) is 0 Å². The van der Waals surface area contributed by atoms with Crippen molar-refractivity contribution in [3.05, 3.63) is 35.3 Å². The number of amides is 1. The first kappa shape index (κ1) is 18.9. The molecule has 1 aliphatic heterocycles. The summed E-state index contributed by atoms with van der Waals surface area (Å²) in [6.45, 7) is 10.6. The van der Waals surface area contributed by atoms with E-state index >= 15 is 0 Å². The maximum Gasteiger partial charge on any atom is 0.224 e. The van der Waals surface area contributed by atoms with Gasteiger partial charge in [-0.15, -0.1) is 0 Å². The van der Waals surface area contributed by atoms with Gasteiger partial charge in [0.1, 0.15) is 5.82 Å². The molecule has 0 aliphatic carbocycles. The number of benzene rings is 1. The molecule has 142 valence electrons. The van der Waals surface area contributed by atoms with Crippen LogP contribution < -0.4 is 5.32 Å². The molecule has 0 spiro atoms. The molecule has 3 rings (SSSR count). The molecule has 0 radical (unpaired) electrons. The van der Waals surface area contributed by atoms with Gasteiger partial charge in [-0.2, -0.15) is 0 Å². The van der Waals surface area contributed by atoms with E-state index in [1.54, 1.807) is 6.07 Å². The molecule has 0 saturated carbocycles. The van der Waals surface area contributed by atoms with Gasteiger partial charge >= 0.3 is 0 Å². The molecule has 1 aromatic carbocycles. The Morgan fingerprint density at radius 2 is 2.04 bits per heavy atom. The number of aryl methyl sites for hydroxylation is 1. The SMILES string of the molecule is Cc1[nH]c2ccc(F)cc2c1CC(=O)NCCCN1CC(C)CC(C)C1. The van der Waals surface area contributed by atoms with Crippen molar-refractivity contribution in [2.45, 2.75) is 40.0 Å². The first-order valence-corrected chi connectivity index (χ1v) is 9.68. The Kier molecular flexibility index (Phi) is 5.97. The highest BCUT2D eigenvalue weighted by Gasteiger charge is 2.21. The fraction of sp³-hybridized carbons (Fsp3) is 0.571. The third kappa shape index (κ3) is 4.64. The average Bonchev–Trinajstić information content (AvgIpc) is 2.86. The number of H-pyrrole nitrogens is 1. The number of hydrogen-bond donors (Lipinski definition) is 2. The number of carbonyl (C=O) groups is 1. The number of nitrogens with zero attached hydrogens (tertiary/aromatic N) is 1. The summed E-state index contributed by atoms with van der Waals surface area (Å²) >= 11 is 0. The molecular formula is C21H30FN3O. The van der Waals surface area contributed by atoms with Crippen LogP contribution in [0.3, 0.4) is 0 Å². The van der Waals surface area contributed by atoms with Crippen molar-refractivity contribution in [1.29, 1.82) is 0 Å². The number of carbonyl (C=O) groups excluding carboxylic acids is 1. The zero-order valence-electron chi connectivity index (χ0n) is 16.1. The molecule has 1 aromatic heterocycles. The molecular weight excluding hydrogens is 329 g/mol. The average molecular weight is 359 g/mol. The monoisotopic (exact) mass is 359 g/mol. The number of aromatic nitrogens is 1. The first-order chi connectivity index (χ1) is 12.4. The van der Waals surface area contributed by atoms with Gasteiger partial charge in [-0.05, 0) is 61.9 Å². The normalized spacial score (nSPS) is 21.2. The van der Waals surface area contributed by atoms with Gasteiger partial charge in [0.2, 0.25) is 5.91 Å². The zero-order chi connectivity index (χ0) is 18.7. The molecule has 26 heavy (non-hydrogen) atoms. The molecule has 4 nitrogen and oxygen atoms in total. The Bertz CT molecular complexity index is 760. The van der Waals surface area contributed by atoms with Gasteiger partial charge in [0.15, 0.2) is 0 Å². The van der Waals surface area contributed by atoms with Crippen LogP contribution in [-0.4, -0.2) is 42.0 Å². The Hall–Kier alpha value is -1.88. The van der Waals surface area contributed by atoms with E-state index in [0.29, 0.717) is 6.54 Å². The van der Waals surface area contributed by atoms with E-state index in [9.17, 15) is 9.18 Å². The molecule has 2 N–H and O–H groups in total. The van der Waals surface area contributed by atoms with Crippen molar-refractivity contribution in [3.63, 3.8) is 0 Å². The highest BCUT2D eigenvalue weighted by Crippen LogP contribution is 2.23. The maximum atomic E-state index is 13.5. The number of likely N-dealkylation sites (tertiary alicyclic amines) is 1. The molecule has 1 aliphatic rings. The summed E-state index contributed by atoms with van der Waals surface area (Å²) in [5.74, 6) is 1.25. The van der Waals surface area contributed by atoms with Crippen molar-refractivity contribution in [3.8, 4) is 0 Å². The molecule has 2 aromatic rings. The van der Waals surface area contributed by atoms with Crippen LogP contribution >= 0.6 is 0 Å². The Morgan fingerprint density at radius 3 is 2.77 bits per heavy atom. The van der Waals surface area contributed by atoms with Gasteiger partial charge in [-0.3, -0.25) is 4.79 Å². The predicted molar refractivity (Wildman–Crippen MR) is 104 cm³/mol. The van der Waals surface area contributed by atoms with Gasteiger partial charge < -0.3 is 15.2 Å². The molecule has 2 unspecified atom stereocenters. The number of fused-ring (bicyclic) bond motifs is 1. The number of hydrogen-bond acceptors (Lipinski definition) is 2. The van der Waals surface area contributed by atoms with E-state index < -0.39 is 0 Å². The van der Waals surface area contributed by atoms with Crippen molar-refractivity contribution in [2.24, 2.45) is 11.8 Å². The van der Waals surface area contributed by atoms with E-state index in [1.165, 1.54) is 31.6 Å². The van der Waals surface area contributed by atoms with Crippen molar-refractivity contribution in [2.75, 3.05) is 26.2 Å². The second-order valence-electron chi connectivity index (χ2n) is 8.00. The number of halogens is 1. The lowest BCUT2D eigenvalue weighted by Crippen LogP contribution is -2.40. The zero-order valence-corrected chi connectivity index (χ0v) is 16.1. The van der Waals surface area contributed by atoms with Crippen molar-refractivity contribution in [1.82, 2.24) is 15.2 Å². The largest absolute Gasteiger partial charge is 0.358 e. The number of piperidine rings is 1. The van der Waals surface area contributed by atoms with Crippen LogP contribution in [0, 0.1) is 24.6 Å². The molecule has 2 atom stereocenters. The van der Waals surface area contributed by atoms with E-state index in [0.717, 1.165) is 47.0 Å². The van der Waals surface area contributed by atoms with Crippen LogP contribution in [0.5, 0.6) is 0 Å². The summed E-state index contributed by atoms with van der Waals surface area (Å²) in [7, 11) is 0. The molecule has 1 fully saturated rings. The van der Waals surface area contributed by atoms with E-state index in [4.69, 9.17) is 0 Å². The van der Waals surface area contributed by atoms with Gasteiger partial charge in [-0.1, -0.05) is 13.8 Å². The summed E-state index contributed by atoms with van der Waals surface area (Å²) in [4.78, 5) is 18.1. The highest BCUT2D eigenvalue weighted by atomic mass is 19.1. The lowest BCUT2D eigenvalue weighted by molar-refractivity contribution is -0.120.